The van der Waals surface area contributed by atoms with E-state index in [0.29, 0.717) is 5.92 Å². The Labute approximate surface area is 128 Å². The second-order valence-electron chi connectivity index (χ2n) is 8.08. The lowest BCUT2D eigenvalue weighted by Gasteiger charge is -2.36. The Kier molecular flexibility index (Phi) is 5.83. The molecule has 1 aliphatic rings. The molecule has 21 heavy (non-hydrogen) atoms. The Morgan fingerprint density at radius 2 is 1.71 bits per heavy atom. The highest BCUT2D eigenvalue weighted by Gasteiger charge is 2.43. The van der Waals surface area contributed by atoms with Crippen LogP contribution in [0.3, 0.4) is 0 Å². The molecule has 0 saturated heterocycles. The van der Waals surface area contributed by atoms with Gasteiger partial charge in [0, 0.05) is 11.5 Å². The van der Waals surface area contributed by atoms with Gasteiger partial charge < -0.3 is 10.4 Å². The third-order valence-electron chi connectivity index (χ3n) is 4.57. The first-order chi connectivity index (χ1) is 9.57. The summed E-state index contributed by atoms with van der Waals surface area (Å²) in [5, 5.41) is 12.1. The van der Waals surface area contributed by atoms with Gasteiger partial charge in [-0.3, -0.25) is 9.59 Å². The van der Waals surface area contributed by atoms with Crippen molar-refractivity contribution >= 4 is 11.9 Å². The number of nitrogens with one attached hydrogen (secondary N) is 1. The Hall–Kier alpha value is -1.06. The number of carbonyl (C=O) groups is 2. The number of carbonyl (C=O) groups excluding carboxylic acids is 1. The van der Waals surface area contributed by atoms with Crippen LogP contribution in [0.15, 0.2) is 0 Å². The molecule has 4 nitrogen and oxygen atoms in total. The summed E-state index contributed by atoms with van der Waals surface area (Å²) in [6.45, 7) is 10.2. The molecule has 0 heterocycles. The summed E-state index contributed by atoms with van der Waals surface area (Å²) in [6, 6.07) is -0.327. The first kappa shape index (κ1) is 18.0. The molecule has 0 aliphatic heterocycles. The van der Waals surface area contributed by atoms with Crippen molar-refractivity contribution in [2.75, 3.05) is 0 Å². The molecule has 1 aliphatic carbocycles. The number of carboxylic acid groups (broad SMARTS) is 1. The van der Waals surface area contributed by atoms with Crippen LogP contribution in [0.4, 0.5) is 0 Å². The average molecular weight is 297 g/mol. The van der Waals surface area contributed by atoms with E-state index in [9.17, 15) is 9.59 Å². The Morgan fingerprint density at radius 3 is 2.10 bits per heavy atom. The van der Waals surface area contributed by atoms with Crippen molar-refractivity contribution in [2.45, 2.75) is 79.2 Å². The summed E-state index contributed by atoms with van der Waals surface area (Å²) >= 11 is 0. The summed E-state index contributed by atoms with van der Waals surface area (Å²) in [6.07, 6.45) is 4.93. The zero-order chi connectivity index (χ0) is 16.3. The molecule has 4 heteroatoms. The van der Waals surface area contributed by atoms with Crippen LogP contribution in [0.25, 0.3) is 0 Å². The summed E-state index contributed by atoms with van der Waals surface area (Å²) < 4.78 is 0. The molecule has 0 aromatic carbocycles. The highest BCUT2D eigenvalue weighted by molar-refractivity contribution is 5.84. The maximum atomic E-state index is 12.8. The number of amides is 1. The molecule has 1 unspecified atom stereocenters. The lowest BCUT2D eigenvalue weighted by atomic mass is 9.76. The molecule has 1 atom stereocenters. The van der Waals surface area contributed by atoms with Gasteiger partial charge in [-0.15, -0.1) is 0 Å². The Bertz CT molecular complexity index is 376. The van der Waals surface area contributed by atoms with Gasteiger partial charge in [-0.25, -0.2) is 0 Å². The highest BCUT2D eigenvalue weighted by Crippen LogP contribution is 2.43. The quantitative estimate of drug-likeness (QED) is 0.787. The normalized spacial score (nSPS) is 19.5. The van der Waals surface area contributed by atoms with Gasteiger partial charge in [-0.05, 0) is 30.6 Å². The van der Waals surface area contributed by atoms with Crippen LogP contribution in [-0.2, 0) is 9.59 Å². The molecule has 1 amide bonds. The van der Waals surface area contributed by atoms with Crippen molar-refractivity contribution < 1.29 is 14.7 Å². The number of aliphatic carboxylic acids is 1. The zero-order valence-corrected chi connectivity index (χ0v) is 14.2. The van der Waals surface area contributed by atoms with E-state index in [-0.39, 0.29) is 29.2 Å². The second-order valence-corrected chi connectivity index (χ2v) is 8.08. The number of rotatable bonds is 6. The third-order valence-corrected chi connectivity index (χ3v) is 4.57. The van der Waals surface area contributed by atoms with Crippen LogP contribution >= 0.6 is 0 Å². The third kappa shape index (κ3) is 5.01. The van der Waals surface area contributed by atoms with Gasteiger partial charge in [0.2, 0.25) is 5.91 Å². The first-order valence-corrected chi connectivity index (χ1v) is 8.09. The molecule has 0 aromatic heterocycles. The van der Waals surface area contributed by atoms with E-state index in [4.69, 9.17) is 5.11 Å². The van der Waals surface area contributed by atoms with Gasteiger partial charge >= 0.3 is 5.97 Å². The smallest absolute Gasteiger partial charge is 0.305 e. The maximum Gasteiger partial charge on any atom is 0.305 e. The molecule has 1 saturated carbocycles. The van der Waals surface area contributed by atoms with Crippen LogP contribution in [0, 0.1) is 16.7 Å². The predicted octanol–water partition coefficient (Wildman–Crippen LogP) is 3.60. The molecule has 0 radical (unpaired) electrons. The number of hydrogen-bond donors (Lipinski definition) is 2. The molecule has 0 spiro atoms. The lowest BCUT2D eigenvalue weighted by molar-refractivity contribution is -0.139. The standard InChI is InChI=1S/C17H31NO3/c1-12(2)11-17(8-6-7-9-17)15(21)18-13(10-14(19)20)16(3,4)5/h12-13H,6-11H2,1-5H3,(H,18,21)(H,19,20). The van der Waals surface area contributed by atoms with Gasteiger partial charge in [-0.2, -0.15) is 0 Å². The topological polar surface area (TPSA) is 66.4 Å². The Balaban J connectivity index is 2.85. The van der Waals surface area contributed by atoms with Crippen molar-refractivity contribution in [3.63, 3.8) is 0 Å². The molecule has 0 bridgehead atoms. The van der Waals surface area contributed by atoms with Crippen LogP contribution in [0.5, 0.6) is 0 Å². The van der Waals surface area contributed by atoms with Crippen molar-refractivity contribution in [2.24, 2.45) is 16.7 Å². The van der Waals surface area contributed by atoms with Crippen molar-refractivity contribution in [1.29, 1.82) is 0 Å². The number of hydrogen-bond acceptors (Lipinski definition) is 2. The minimum atomic E-state index is -0.862. The average Bonchev–Trinajstić information content (AvgIpc) is 2.75. The fourth-order valence-electron chi connectivity index (χ4n) is 3.42. The van der Waals surface area contributed by atoms with E-state index in [2.05, 4.69) is 19.2 Å². The molecule has 122 valence electrons. The fourth-order valence-corrected chi connectivity index (χ4v) is 3.42. The van der Waals surface area contributed by atoms with Crippen LogP contribution in [0.1, 0.15) is 73.1 Å². The fraction of sp³-hybridized carbons (Fsp3) is 0.882. The van der Waals surface area contributed by atoms with E-state index in [1.807, 2.05) is 20.8 Å². The van der Waals surface area contributed by atoms with E-state index in [1.165, 1.54) is 0 Å². The summed E-state index contributed by atoms with van der Waals surface area (Å²) in [5.74, 6) is -0.323. The van der Waals surface area contributed by atoms with E-state index in [0.717, 1.165) is 32.1 Å². The predicted molar refractivity (Wildman–Crippen MR) is 84.0 cm³/mol. The molecule has 1 fully saturated rings. The molecule has 2 N–H and O–H groups in total. The zero-order valence-electron chi connectivity index (χ0n) is 14.2. The minimum Gasteiger partial charge on any atom is -0.481 e. The van der Waals surface area contributed by atoms with Gasteiger partial charge in [0.25, 0.3) is 0 Å². The van der Waals surface area contributed by atoms with Crippen LogP contribution in [-0.4, -0.2) is 23.0 Å². The summed E-state index contributed by atoms with van der Waals surface area (Å²) in [4.78, 5) is 23.9. The molecular formula is C17H31NO3. The second kappa shape index (κ2) is 6.80. The van der Waals surface area contributed by atoms with Gasteiger partial charge in [0.1, 0.15) is 0 Å². The van der Waals surface area contributed by atoms with E-state index in [1.54, 1.807) is 0 Å². The summed E-state index contributed by atoms with van der Waals surface area (Å²) in [5.41, 5.74) is -0.540. The monoisotopic (exact) mass is 297 g/mol. The van der Waals surface area contributed by atoms with Crippen molar-refractivity contribution in [3.05, 3.63) is 0 Å². The lowest BCUT2D eigenvalue weighted by Crippen LogP contribution is -2.50. The largest absolute Gasteiger partial charge is 0.481 e. The molecular weight excluding hydrogens is 266 g/mol. The minimum absolute atomic E-state index is 0.0208. The SMILES string of the molecule is CC(C)CC1(C(=O)NC(CC(=O)O)C(C)(C)C)CCCC1. The maximum absolute atomic E-state index is 12.8. The first-order valence-electron chi connectivity index (χ1n) is 8.09. The van der Waals surface area contributed by atoms with Crippen molar-refractivity contribution in [3.8, 4) is 0 Å². The number of carboxylic acids is 1. The van der Waals surface area contributed by atoms with E-state index < -0.39 is 5.97 Å². The summed E-state index contributed by atoms with van der Waals surface area (Å²) in [7, 11) is 0. The van der Waals surface area contributed by atoms with Crippen LogP contribution in [0.2, 0.25) is 0 Å². The van der Waals surface area contributed by atoms with Gasteiger partial charge in [0.15, 0.2) is 0 Å². The van der Waals surface area contributed by atoms with Crippen LogP contribution < -0.4 is 5.32 Å². The highest BCUT2D eigenvalue weighted by atomic mass is 16.4. The molecule has 1 rings (SSSR count). The Morgan fingerprint density at radius 1 is 1.19 bits per heavy atom. The van der Waals surface area contributed by atoms with Gasteiger partial charge in [0.05, 0.1) is 6.42 Å². The van der Waals surface area contributed by atoms with Gasteiger partial charge in [-0.1, -0.05) is 47.5 Å². The molecule has 0 aromatic rings. The van der Waals surface area contributed by atoms with E-state index >= 15 is 0 Å². The van der Waals surface area contributed by atoms with Crippen molar-refractivity contribution in [1.82, 2.24) is 5.32 Å².